The average molecular weight is 2140 g/mol. The van der Waals surface area contributed by atoms with E-state index in [2.05, 4.69) is 87.4 Å². The summed E-state index contributed by atoms with van der Waals surface area (Å²) in [6, 6.07) is 30.7. The van der Waals surface area contributed by atoms with E-state index in [1.54, 1.807) is 60.7 Å². The summed E-state index contributed by atoms with van der Waals surface area (Å²) in [6.45, 7) is 29.6. The minimum Gasteiger partial charge on any atom is -0.504 e. The molecule has 808 valence electrons. The Morgan fingerprint density at radius 1 is 0.315 bits per heavy atom. The Morgan fingerprint density at radius 2 is 0.603 bits per heavy atom. The van der Waals surface area contributed by atoms with Gasteiger partial charge in [0, 0.05) is 160 Å². The van der Waals surface area contributed by atoms with Gasteiger partial charge in [-0.25, -0.2) is 29.0 Å². The van der Waals surface area contributed by atoms with Crippen LogP contribution in [0.2, 0.25) is 0 Å². The molecule has 40 heteroatoms. The first kappa shape index (κ1) is 123. The molecule has 8 N–H and O–H groups in total. The number of ether oxygens (including phenoxy) is 13. The average Bonchev–Trinajstić information content (AvgIpc) is 0.834. The van der Waals surface area contributed by atoms with Gasteiger partial charge in [0.2, 0.25) is 6.08 Å². The Bertz CT molecular complexity index is 4650. The first-order valence-electron chi connectivity index (χ1n) is 50.3. The van der Waals surface area contributed by atoms with Crippen LogP contribution in [-0.2, 0) is 86.2 Å². The number of alkyl halides is 5. The van der Waals surface area contributed by atoms with E-state index in [1.807, 2.05) is 36.4 Å². The van der Waals surface area contributed by atoms with Crippen LogP contribution < -0.4 is 59.2 Å². The molecule has 5 fully saturated rings. The van der Waals surface area contributed by atoms with Gasteiger partial charge in [-0.15, -0.1) is 58.0 Å². The Hall–Kier alpha value is -10.0. The van der Waals surface area contributed by atoms with Crippen LogP contribution in [0.4, 0.5) is 19.2 Å². The van der Waals surface area contributed by atoms with Gasteiger partial charge in [-0.2, -0.15) is 0 Å². The molecule has 0 saturated carbocycles. The molecule has 146 heavy (non-hydrogen) atoms. The lowest BCUT2D eigenvalue weighted by molar-refractivity contribution is -0.135. The third-order valence-electron chi connectivity index (χ3n) is 24.6. The zero-order chi connectivity index (χ0) is 106. The molecule has 0 spiro atoms. The maximum Gasteiger partial charge on any atom is 0.412 e. The van der Waals surface area contributed by atoms with Crippen LogP contribution in [0.1, 0.15) is 158 Å². The lowest BCUT2D eigenvalue weighted by atomic mass is 9.85. The first-order valence-corrected chi connectivity index (χ1v) is 53.0. The second kappa shape index (κ2) is 71.6. The molecule has 0 aliphatic carbocycles. The topological polar surface area (TPSA) is 428 Å². The fourth-order valence-electron chi connectivity index (χ4n) is 15.8. The molecular weight excluding hydrogens is 1990 g/mol. The number of morpholine rings is 2. The number of amides is 4. The summed E-state index contributed by atoms with van der Waals surface area (Å²) in [5.41, 5.74) is 5.50. The fraction of sp³-hybridized carbons (Fsp3) is 0.575. The number of hydrogen-bond acceptors (Lipinski definition) is 31. The number of benzene rings is 6. The second-order valence-electron chi connectivity index (χ2n) is 36.5. The normalized spacial score (nSPS) is 15.6. The predicted octanol–water partition coefficient (Wildman–Crippen LogP) is 16.9. The Balaban J connectivity index is 0.000000308. The number of halogens is 5. The maximum absolute atomic E-state index is 13.2. The van der Waals surface area contributed by atoms with Crippen molar-refractivity contribution in [1.82, 2.24) is 40.9 Å². The van der Waals surface area contributed by atoms with Crippen molar-refractivity contribution in [3.05, 3.63) is 143 Å². The summed E-state index contributed by atoms with van der Waals surface area (Å²) in [5.74, 6) is 1.73. The molecule has 0 bridgehead atoms. The molecule has 5 aliphatic rings. The fourth-order valence-corrected chi connectivity index (χ4v) is 16.3. The number of aromatic hydroxyl groups is 4. The van der Waals surface area contributed by atoms with Gasteiger partial charge in [0.25, 0.3) is 0 Å². The number of rotatable bonds is 49. The van der Waals surface area contributed by atoms with Crippen molar-refractivity contribution in [2.45, 2.75) is 164 Å². The van der Waals surface area contributed by atoms with Crippen molar-refractivity contribution in [2.75, 3.05) is 194 Å². The number of hydrogen-bond donors (Lipinski definition) is 8. The summed E-state index contributed by atoms with van der Waals surface area (Å²) in [4.78, 5) is 122. The first-order chi connectivity index (χ1) is 70.5. The maximum atomic E-state index is 13.2. The Morgan fingerprint density at radius 3 is 0.884 bits per heavy atom. The lowest BCUT2D eigenvalue weighted by Gasteiger charge is -2.26. The van der Waals surface area contributed by atoms with Crippen molar-refractivity contribution in [3.63, 3.8) is 0 Å². The van der Waals surface area contributed by atoms with Crippen LogP contribution in [0.3, 0.4) is 0 Å². The van der Waals surface area contributed by atoms with E-state index in [0.29, 0.717) is 153 Å². The van der Waals surface area contributed by atoms with Crippen molar-refractivity contribution in [1.29, 1.82) is 0 Å². The highest BCUT2D eigenvalue weighted by Gasteiger charge is 2.27. The SMILES string of the molecule is C1CCOCC1.C[C@H](Cc1ccc(O)c(O)c1)[C@@H](C)Cc1ccc(O)c(O)c1.C[C@H](Cc1ccc(OC(=O)CCCCl)c(OC(=O)NCCCl)c1)[C@@H](C)Cc1ccc(OC(=O)NCCCl)c(OC(=O)CCCCl)c1.C[C@H](Cc1ccc(OC(=O)CCCN2CCOCC2)c(OC(=O)NCCN2CCCOC2)c1)[C@@H](C)Cc1ccc(OC(=O)NCCN2CCCOC2)c(OC(=O)CCCN2CCOCC2)c1.O=C=NCCCl. The van der Waals surface area contributed by atoms with Crippen molar-refractivity contribution in [3.8, 4) is 69.0 Å². The summed E-state index contributed by atoms with van der Waals surface area (Å²) in [7, 11) is 0. The largest absolute Gasteiger partial charge is 0.504 e. The van der Waals surface area contributed by atoms with Gasteiger partial charge in [0.05, 0.1) is 46.4 Å². The zero-order valence-corrected chi connectivity index (χ0v) is 88.7. The van der Waals surface area contributed by atoms with Crippen LogP contribution in [0, 0.1) is 35.5 Å². The van der Waals surface area contributed by atoms with E-state index in [4.69, 9.17) is 120 Å². The second-order valence-corrected chi connectivity index (χ2v) is 38.3. The Labute approximate surface area is 882 Å². The predicted molar refractivity (Wildman–Crippen MR) is 558 cm³/mol. The van der Waals surface area contributed by atoms with Crippen LogP contribution in [0.15, 0.2) is 114 Å². The number of isocyanates is 1. The van der Waals surface area contributed by atoms with Crippen molar-refractivity contribution in [2.24, 2.45) is 40.5 Å². The molecule has 0 aromatic heterocycles. The molecule has 5 heterocycles. The van der Waals surface area contributed by atoms with Gasteiger partial charge in [0.15, 0.2) is 69.0 Å². The van der Waals surface area contributed by atoms with Crippen molar-refractivity contribution >= 4 is 112 Å². The van der Waals surface area contributed by atoms with Gasteiger partial charge in [-0.05, 0) is 251 Å². The molecule has 0 radical (unpaired) electrons. The van der Waals surface area contributed by atoms with Crippen molar-refractivity contribution < 1.29 is 125 Å². The molecule has 6 atom stereocenters. The number of carbonyl (C=O) groups excluding carboxylic acids is 9. The highest BCUT2D eigenvalue weighted by molar-refractivity contribution is 6.19. The third kappa shape index (κ3) is 50.3. The molecule has 6 aromatic carbocycles. The number of phenols is 4. The molecule has 4 amide bonds. The Kier molecular flexibility index (Phi) is 60.2. The minimum atomic E-state index is -0.722. The standard InChI is InChI=1S/C48H72N6O12.C32H40Cl4N2O8.C18H22O4.C5H10O.C3H4ClNO/c1-37(31-39-10-12-42(65-47(57)49-13-19-53-17-5-25-61-35-53)43(33-39)64-46(56)8-4-16-52-23-29-60-30-24-52)38(2)32-40-9-11-41(63-45(55)7-3-15-51-21-27-59-28-22-51)44(34-40)66-48(58)50-14-20-54-18-6-26-62-36-54;1-21(17-23-8-10-26(45-31(41)37-15-13-35)27(19-23)44-30(40)6-4-12-34)22(2)18-24-7-9-25(43-29(39)5-3-11-33)28(20-24)46-32(42)38-16-14-36;1-11(7-13-3-5-15(19)17(21)9-13)12(2)8-14-4-6-16(20)18(22)10-14;1-2-4-6-5-3-1;4-1-2-5-3-6/h9-12,33-34,37-38H,3-8,13-32,35-36H2,1-2H3,(H,49,57)(H,50,58);7-10,19-22H,3-6,11-18H2,1-2H3,(H,37,41)(H,38,42);3-6,9-12,19-22H,7-8H2,1-2H3;1-5H2;1-2H2/t37-,38+;21-,22+;11-,12+;;/m00.../s1. The van der Waals surface area contributed by atoms with E-state index in [1.165, 1.54) is 37.5 Å². The molecule has 11 rings (SSSR count). The third-order valence-corrected chi connectivity index (χ3v) is 25.6. The number of carbonyl (C=O) groups is 8. The highest BCUT2D eigenvalue weighted by atomic mass is 35.5. The molecule has 35 nitrogen and oxygen atoms in total. The van der Waals surface area contributed by atoms with Gasteiger partial charge < -0.3 is 103 Å². The van der Waals surface area contributed by atoms with Crippen LogP contribution in [0.5, 0.6) is 69.0 Å². The monoisotopic (exact) mass is 2140 g/mol. The number of phenolic OH excluding ortho intramolecular Hbond substituents is 4. The molecule has 5 saturated heterocycles. The van der Waals surface area contributed by atoms with Crippen LogP contribution >= 0.6 is 58.0 Å². The van der Waals surface area contributed by atoms with Crippen LogP contribution in [-0.4, -0.2) is 288 Å². The van der Waals surface area contributed by atoms with E-state index in [0.717, 1.165) is 138 Å². The summed E-state index contributed by atoms with van der Waals surface area (Å²) in [6.07, 6.45) is 11.4. The molecule has 6 aromatic rings. The number of esters is 4. The highest BCUT2D eigenvalue weighted by Crippen LogP contribution is 2.38. The molecular formula is C106H148Cl5N9O26. The molecule has 5 aliphatic heterocycles. The van der Waals surface area contributed by atoms with Gasteiger partial charge >= 0.3 is 48.3 Å². The quantitative estimate of drug-likeness (QED) is 0.00439. The number of nitrogens with one attached hydrogen (secondary N) is 4. The number of aliphatic imine (C=N–C) groups is 1. The molecule has 0 unspecified atom stereocenters. The van der Waals surface area contributed by atoms with Gasteiger partial charge in [-0.3, -0.25) is 38.8 Å². The van der Waals surface area contributed by atoms with Crippen LogP contribution in [0.25, 0.3) is 0 Å². The summed E-state index contributed by atoms with van der Waals surface area (Å²) in [5, 5.41) is 48.4. The van der Waals surface area contributed by atoms with Gasteiger partial charge in [-0.1, -0.05) is 77.9 Å². The number of nitrogens with zero attached hydrogens (tertiary/aromatic N) is 5. The smallest absolute Gasteiger partial charge is 0.412 e. The lowest BCUT2D eigenvalue weighted by Crippen LogP contribution is -2.40. The van der Waals surface area contributed by atoms with Gasteiger partial charge in [0.1, 0.15) is 0 Å². The summed E-state index contributed by atoms with van der Waals surface area (Å²) < 4.78 is 71.9. The van der Waals surface area contributed by atoms with E-state index in [-0.39, 0.29) is 143 Å². The van der Waals surface area contributed by atoms with E-state index in [9.17, 15) is 63.6 Å². The summed E-state index contributed by atoms with van der Waals surface area (Å²) >= 11 is 27.8. The zero-order valence-electron chi connectivity index (χ0n) is 84.9. The van der Waals surface area contributed by atoms with E-state index >= 15 is 0 Å². The minimum absolute atomic E-state index is 0.0965. The van der Waals surface area contributed by atoms with E-state index < -0.39 is 48.3 Å².